The normalized spacial score (nSPS) is 15.3. The van der Waals surface area contributed by atoms with Crippen molar-refractivity contribution < 1.29 is 19.4 Å². The van der Waals surface area contributed by atoms with Gasteiger partial charge in [-0.15, -0.1) is 0 Å². The van der Waals surface area contributed by atoms with Crippen LogP contribution in [0.2, 0.25) is 0 Å². The van der Waals surface area contributed by atoms with Gasteiger partial charge in [-0.2, -0.15) is 5.10 Å². The Bertz CT molecular complexity index is 440. The molecule has 1 fully saturated rings. The van der Waals surface area contributed by atoms with Crippen LogP contribution >= 0.6 is 0 Å². The van der Waals surface area contributed by atoms with E-state index in [2.05, 4.69) is 5.10 Å². The van der Waals surface area contributed by atoms with Crippen molar-refractivity contribution in [1.82, 2.24) is 14.7 Å². The zero-order valence-electron chi connectivity index (χ0n) is 8.71. The average Bonchev–Trinajstić information content (AvgIpc) is 2.76. The predicted octanol–water partition coefficient (Wildman–Crippen LogP) is 0.0705. The molecule has 86 valence electrons. The van der Waals surface area contributed by atoms with Crippen LogP contribution in [0.1, 0.15) is 16.1 Å². The first-order chi connectivity index (χ1) is 7.59. The van der Waals surface area contributed by atoms with Crippen LogP contribution < -0.4 is 0 Å². The van der Waals surface area contributed by atoms with Gasteiger partial charge in [0.05, 0.1) is 25.0 Å². The average molecular weight is 225 g/mol. The number of cyclic esters (lactones) is 1. The minimum Gasteiger partial charge on any atom is -0.478 e. The molecule has 0 saturated carbocycles. The molecule has 1 aromatic rings. The number of hydrogen-bond acceptors (Lipinski definition) is 4. The van der Waals surface area contributed by atoms with Crippen LogP contribution in [0.3, 0.4) is 0 Å². The van der Waals surface area contributed by atoms with E-state index in [4.69, 9.17) is 9.84 Å². The first-order valence-electron chi connectivity index (χ1n) is 4.75. The Morgan fingerprint density at radius 1 is 1.69 bits per heavy atom. The van der Waals surface area contributed by atoms with Crippen LogP contribution in [0, 0.1) is 0 Å². The van der Waals surface area contributed by atoms with Gasteiger partial charge in [0.1, 0.15) is 12.2 Å². The minimum absolute atomic E-state index is 0.113. The lowest BCUT2D eigenvalue weighted by Crippen LogP contribution is -2.26. The topological polar surface area (TPSA) is 84.7 Å². The Kier molecular flexibility index (Phi) is 2.51. The van der Waals surface area contributed by atoms with E-state index in [9.17, 15) is 9.59 Å². The van der Waals surface area contributed by atoms with E-state index in [1.54, 1.807) is 7.05 Å². The molecule has 1 N–H and O–H groups in total. The van der Waals surface area contributed by atoms with E-state index in [-0.39, 0.29) is 12.1 Å². The van der Waals surface area contributed by atoms with Crippen molar-refractivity contribution in [2.24, 2.45) is 7.05 Å². The molecule has 0 aliphatic carbocycles. The molecular formula is C9H11N3O4. The summed E-state index contributed by atoms with van der Waals surface area (Å²) in [6.45, 7) is 1.03. The van der Waals surface area contributed by atoms with Crippen molar-refractivity contribution in [3.63, 3.8) is 0 Å². The lowest BCUT2D eigenvalue weighted by molar-refractivity contribution is 0.0694. The van der Waals surface area contributed by atoms with Crippen LogP contribution in [0.15, 0.2) is 6.20 Å². The summed E-state index contributed by atoms with van der Waals surface area (Å²) < 4.78 is 6.22. The summed E-state index contributed by atoms with van der Waals surface area (Å²) in [7, 11) is 1.64. The van der Waals surface area contributed by atoms with Gasteiger partial charge in [-0.05, 0) is 0 Å². The number of aromatic nitrogens is 2. The summed E-state index contributed by atoms with van der Waals surface area (Å²) in [5, 5.41) is 12.8. The first kappa shape index (κ1) is 10.5. The molecule has 0 aromatic carbocycles. The second-order valence-electron chi connectivity index (χ2n) is 3.47. The summed E-state index contributed by atoms with van der Waals surface area (Å²) in [5.41, 5.74) is 0.605. The zero-order valence-corrected chi connectivity index (χ0v) is 8.71. The highest BCUT2D eigenvalue weighted by molar-refractivity contribution is 5.88. The molecule has 2 heterocycles. The van der Waals surface area contributed by atoms with Crippen LogP contribution in [-0.4, -0.2) is 45.0 Å². The van der Waals surface area contributed by atoms with E-state index in [1.807, 2.05) is 0 Å². The third-order valence-electron chi connectivity index (χ3n) is 2.48. The van der Waals surface area contributed by atoms with Gasteiger partial charge in [0.25, 0.3) is 0 Å². The first-order valence-corrected chi connectivity index (χ1v) is 4.75. The number of amides is 1. The lowest BCUT2D eigenvalue weighted by atomic mass is 10.2. The number of rotatable bonds is 3. The number of carboxylic acid groups (broad SMARTS) is 1. The molecule has 1 saturated heterocycles. The van der Waals surface area contributed by atoms with Crippen LogP contribution in [0.25, 0.3) is 0 Å². The van der Waals surface area contributed by atoms with Crippen molar-refractivity contribution in [2.45, 2.75) is 6.54 Å². The number of aromatic carboxylic acids is 1. The van der Waals surface area contributed by atoms with E-state index < -0.39 is 12.1 Å². The predicted molar refractivity (Wildman–Crippen MR) is 51.9 cm³/mol. The molecule has 0 unspecified atom stereocenters. The van der Waals surface area contributed by atoms with E-state index in [0.29, 0.717) is 18.8 Å². The summed E-state index contributed by atoms with van der Waals surface area (Å²) in [5.74, 6) is -1.05. The maximum atomic E-state index is 11.2. The Hall–Kier alpha value is -2.05. The number of aryl methyl sites for hydroxylation is 1. The summed E-state index contributed by atoms with van der Waals surface area (Å²) in [6.07, 6.45) is 0.858. The number of carbonyl (C=O) groups is 2. The molecule has 0 bridgehead atoms. The SMILES string of the molecule is Cn1ncc(C(=O)O)c1CN1CCOC1=O. The maximum Gasteiger partial charge on any atom is 0.410 e. The standard InChI is InChI=1S/C9H11N3O4/c1-11-7(6(4-10-11)8(13)14)5-12-2-3-16-9(12)15/h4H,2-3,5H2,1H3,(H,13,14). The van der Waals surface area contributed by atoms with Crippen LogP contribution in [0.4, 0.5) is 4.79 Å². The molecule has 7 heteroatoms. The molecule has 1 aliphatic rings. The third-order valence-corrected chi connectivity index (χ3v) is 2.48. The molecular weight excluding hydrogens is 214 g/mol. The number of ether oxygens (including phenoxy) is 1. The molecule has 16 heavy (non-hydrogen) atoms. The molecule has 2 rings (SSSR count). The number of nitrogens with zero attached hydrogens (tertiary/aromatic N) is 3. The highest BCUT2D eigenvalue weighted by Gasteiger charge is 2.25. The van der Waals surface area contributed by atoms with E-state index >= 15 is 0 Å². The quantitative estimate of drug-likeness (QED) is 0.786. The molecule has 1 aromatic heterocycles. The van der Waals surface area contributed by atoms with Crippen LogP contribution in [0.5, 0.6) is 0 Å². The lowest BCUT2D eigenvalue weighted by Gasteiger charge is -2.13. The molecule has 7 nitrogen and oxygen atoms in total. The number of hydrogen-bond donors (Lipinski definition) is 1. The smallest absolute Gasteiger partial charge is 0.410 e. The largest absolute Gasteiger partial charge is 0.478 e. The Balaban J connectivity index is 2.23. The minimum atomic E-state index is -1.05. The summed E-state index contributed by atoms with van der Waals surface area (Å²) in [4.78, 5) is 23.6. The van der Waals surface area contributed by atoms with Gasteiger partial charge in [-0.25, -0.2) is 9.59 Å². The molecule has 1 aliphatic heterocycles. The monoisotopic (exact) mass is 225 g/mol. The fraction of sp³-hybridized carbons (Fsp3) is 0.444. The molecule has 0 atom stereocenters. The highest BCUT2D eigenvalue weighted by Crippen LogP contribution is 2.14. The highest BCUT2D eigenvalue weighted by atomic mass is 16.6. The summed E-state index contributed by atoms with van der Waals surface area (Å²) >= 11 is 0. The van der Waals surface area contributed by atoms with Gasteiger partial charge in [0, 0.05) is 7.05 Å². The van der Waals surface area contributed by atoms with E-state index in [0.717, 1.165) is 0 Å². The Labute approximate surface area is 91.2 Å². The second kappa shape index (κ2) is 3.84. The van der Waals surface area contributed by atoms with Gasteiger partial charge >= 0.3 is 12.1 Å². The van der Waals surface area contributed by atoms with Gasteiger partial charge in [-0.1, -0.05) is 0 Å². The fourth-order valence-electron chi connectivity index (χ4n) is 1.58. The Morgan fingerprint density at radius 2 is 2.44 bits per heavy atom. The second-order valence-corrected chi connectivity index (χ2v) is 3.47. The number of carboxylic acids is 1. The van der Waals surface area contributed by atoms with Crippen molar-refractivity contribution in [2.75, 3.05) is 13.2 Å². The van der Waals surface area contributed by atoms with Gasteiger partial charge in [0.2, 0.25) is 0 Å². The third kappa shape index (κ3) is 1.71. The van der Waals surface area contributed by atoms with Crippen molar-refractivity contribution in [3.05, 3.63) is 17.5 Å². The van der Waals surface area contributed by atoms with E-state index in [1.165, 1.54) is 15.8 Å². The zero-order chi connectivity index (χ0) is 11.7. The summed E-state index contributed by atoms with van der Waals surface area (Å²) in [6, 6.07) is 0. The molecule has 0 radical (unpaired) electrons. The number of carbonyl (C=O) groups excluding carboxylic acids is 1. The fourth-order valence-corrected chi connectivity index (χ4v) is 1.58. The van der Waals surface area contributed by atoms with Crippen LogP contribution in [-0.2, 0) is 18.3 Å². The molecule has 1 amide bonds. The van der Waals surface area contributed by atoms with Gasteiger partial charge < -0.3 is 9.84 Å². The van der Waals surface area contributed by atoms with Gasteiger partial charge in [0.15, 0.2) is 0 Å². The van der Waals surface area contributed by atoms with Crippen molar-refractivity contribution in [1.29, 1.82) is 0 Å². The van der Waals surface area contributed by atoms with Crippen molar-refractivity contribution >= 4 is 12.1 Å². The molecule has 0 spiro atoms. The van der Waals surface area contributed by atoms with Gasteiger partial charge in [-0.3, -0.25) is 9.58 Å². The maximum absolute atomic E-state index is 11.2. The Morgan fingerprint density at radius 3 is 3.00 bits per heavy atom. The van der Waals surface area contributed by atoms with Crippen molar-refractivity contribution in [3.8, 4) is 0 Å².